The van der Waals surface area contributed by atoms with Crippen LogP contribution in [0.5, 0.6) is 0 Å². The molecule has 1 aliphatic heterocycles. The van der Waals surface area contributed by atoms with E-state index in [0.717, 1.165) is 0 Å². The standard InChI is InChI=1S/C7H15N4/c1-5(2)7-8-9-10-11(7)6(3)4/h5-7H,1-4H3/q+1. The highest BCUT2D eigenvalue weighted by Crippen LogP contribution is 2.16. The summed E-state index contributed by atoms with van der Waals surface area (Å²) >= 11 is 0. The molecule has 62 valence electrons. The normalized spacial score (nSPS) is 23.5. The number of hydrogen-bond donors (Lipinski definition) is 0. The molecule has 0 radical (unpaired) electrons. The summed E-state index contributed by atoms with van der Waals surface area (Å²) in [7, 11) is 0. The van der Waals surface area contributed by atoms with Crippen molar-refractivity contribution in [2.45, 2.75) is 39.9 Å². The van der Waals surface area contributed by atoms with Gasteiger partial charge in [-0.25, -0.2) is 0 Å². The van der Waals surface area contributed by atoms with Gasteiger partial charge in [-0.05, 0) is 13.8 Å². The zero-order chi connectivity index (χ0) is 8.43. The minimum atomic E-state index is 0.148. The molecule has 1 rings (SSSR count). The van der Waals surface area contributed by atoms with Crippen molar-refractivity contribution in [3.05, 3.63) is 0 Å². The zero-order valence-corrected chi connectivity index (χ0v) is 7.52. The molecule has 4 heteroatoms. The van der Waals surface area contributed by atoms with E-state index in [4.69, 9.17) is 0 Å². The fraction of sp³-hybridized carbons (Fsp3) is 1.00. The van der Waals surface area contributed by atoms with Gasteiger partial charge in [0.2, 0.25) is 5.22 Å². The van der Waals surface area contributed by atoms with E-state index in [1.807, 2.05) is 4.70 Å². The van der Waals surface area contributed by atoms with Crippen molar-refractivity contribution in [2.75, 3.05) is 0 Å². The van der Waals surface area contributed by atoms with Gasteiger partial charge < -0.3 is 0 Å². The lowest BCUT2D eigenvalue weighted by Gasteiger charge is -2.11. The fourth-order valence-corrected chi connectivity index (χ4v) is 1.08. The minimum absolute atomic E-state index is 0.148. The second kappa shape index (κ2) is 3.07. The Kier molecular flexibility index (Phi) is 2.31. The summed E-state index contributed by atoms with van der Waals surface area (Å²) < 4.78 is 1.94. The van der Waals surface area contributed by atoms with Crippen molar-refractivity contribution < 1.29 is 4.70 Å². The Bertz CT molecular complexity index is 193. The Morgan fingerprint density at radius 1 is 1.18 bits per heavy atom. The molecule has 1 atom stereocenters. The number of rotatable bonds is 2. The molecule has 0 aromatic carbocycles. The van der Waals surface area contributed by atoms with Gasteiger partial charge in [0.05, 0.1) is 0 Å². The van der Waals surface area contributed by atoms with Crippen LogP contribution in [0.2, 0.25) is 0 Å². The molecule has 1 heterocycles. The van der Waals surface area contributed by atoms with Crippen LogP contribution in [-0.4, -0.2) is 16.9 Å². The Hall–Kier alpha value is -0.800. The molecule has 0 fully saturated rings. The summed E-state index contributed by atoms with van der Waals surface area (Å²) in [5, 5.41) is 11.6. The molecule has 0 amide bonds. The van der Waals surface area contributed by atoms with Crippen LogP contribution in [0.3, 0.4) is 0 Å². The molecule has 0 bridgehead atoms. The maximum Gasteiger partial charge on any atom is 0.255 e. The van der Waals surface area contributed by atoms with Crippen LogP contribution < -0.4 is 0 Å². The summed E-state index contributed by atoms with van der Waals surface area (Å²) in [6.45, 7) is 8.43. The molecular formula is C7H15N4+. The summed E-state index contributed by atoms with van der Waals surface area (Å²) in [6.07, 6.45) is 0.148. The van der Waals surface area contributed by atoms with Crippen molar-refractivity contribution in [2.24, 2.45) is 21.5 Å². The van der Waals surface area contributed by atoms with Gasteiger partial charge in [0.1, 0.15) is 6.04 Å². The molecule has 4 nitrogen and oxygen atoms in total. The summed E-state index contributed by atoms with van der Waals surface area (Å²) in [4.78, 5) is 0. The highest BCUT2D eigenvalue weighted by molar-refractivity contribution is 4.56. The molecule has 0 aromatic rings. The first-order chi connectivity index (χ1) is 5.13. The first-order valence-corrected chi connectivity index (χ1v) is 4.02. The van der Waals surface area contributed by atoms with E-state index in [-0.39, 0.29) is 6.17 Å². The van der Waals surface area contributed by atoms with Gasteiger partial charge in [0.25, 0.3) is 6.17 Å². The monoisotopic (exact) mass is 155 g/mol. The van der Waals surface area contributed by atoms with Gasteiger partial charge in [-0.1, -0.05) is 13.8 Å². The third-order valence-corrected chi connectivity index (χ3v) is 1.71. The lowest BCUT2D eigenvalue weighted by molar-refractivity contribution is -0.650. The second-order valence-corrected chi connectivity index (χ2v) is 3.43. The van der Waals surface area contributed by atoms with E-state index in [0.29, 0.717) is 12.0 Å². The lowest BCUT2D eigenvalue weighted by atomic mass is 10.1. The van der Waals surface area contributed by atoms with Gasteiger partial charge in [-0.15, -0.1) is 4.70 Å². The highest BCUT2D eigenvalue weighted by Gasteiger charge is 2.30. The molecule has 1 aliphatic rings. The second-order valence-electron chi connectivity index (χ2n) is 3.43. The van der Waals surface area contributed by atoms with Crippen LogP contribution in [0.15, 0.2) is 15.6 Å². The Balaban J connectivity index is 2.69. The van der Waals surface area contributed by atoms with E-state index in [1.165, 1.54) is 0 Å². The number of nitrogens with zero attached hydrogens (tertiary/aromatic N) is 4. The van der Waals surface area contributed by atoms with Crippen LogP contribution in [0.1, 0.15) is 27.7 Å². The quantitative estimate of drug-likeness (QED) is 0.549. The average Bonchev–Trinajstić information content (AvgIpc) is 2.32. The largest absolute Gasteiger partial charge is 0.255 e. The van der Waals surface area contributed by atoms with E-state index >= 15 is 0 Å². The van der Waals surface area contributed by atoms with Crippen LogP contribution >= 0.6 is 0 Å². The molecule has 0 aromatic heterocycles. The zero-order valence-electron chi connectivity index (χ0n) is 7.52. The van der Waals surface area contributed by atoms with Crippen molar-refractivity contribution in [3.8, 4) is 0 Å². The van der Waals surface area contributed by atoms with Crippen LogP contribution in [0.4, 0.5) is 0 Å². The maximum absolute atomic E-state index is 4.02. The summed E-state index contributed by atoms with van der Waals surface area (Å²) in [5.74, 6) is 0.479. The lowest BCUT2D eigenvalue weighted by Crippen LogP contribution is -2.30. The van der Waals surface area contributed by atoms with Crippen molar-refractivity contribution in [3.63, 3.8) is 0 Å². The first-order valence-electron chi connectivity index (χ1n) is 4.02. The predicted molar refractivity (Wildman–Crippen MR) is 41.3 cm³/mol. The van der Waals surface area contributed by atoms with Crippen LogP contribution in [-0.2, 0) is 0 Å². The molecule has 1 unspecified atom stereocenters. The van der Waals surface area contributed by atoms with E-state index in [9.17, 15) is 0 Å². The average molecular weight is 155 g/mol. The maximum atomic E-state index is 4.02. The smallest absolute Gasteiger partial charge is 0.133 e. The Morgan fingerprint density at radius 3 is 2.18 bits per heavy atom. The molecule has 0 saturated carbocycles. The third kappa shape index (κ3) is 1.61. The molecule has 11 heavy (non-hydrogen) atoms. The van der Waals surface area contributed by atoms with E-state index in [1.54, 1.807) is 0 Å². The number of hydrogen-bond acceptors (Lipinski definition) is 3. The van der Waals surface area contributed by atoms with Crippen molar-refractivity contribution in [1.82, 2.24) is 0 Å². The summed E-state index contributed by atoms with van der Waals surface area (Å²) in [5.41, 5.74) is 0. The van der Waals surface area contributed by atoms with Gasteiger partial charge >= 0.3 is 0 Å². The molecule has 0 aliphatic carbocycles. The Labute approximate surface area is 67.0 Å². The SMILES string of the molecule is CC(C)C1N=NN=[N+]1C(C)C. The topological polar surface area (TPSA) is 40.1 Å². The fourth-order valence-electron chi connectivity index (χ4n) is 1.08. The molecule has 0 spiro atoms. The minimum Gasteiger partial charge on any atom is -0.133 e. The van der Waals surface area contributed by atoms with Crippen molar-refractivity contribution >= 4 is 0 Å². The molecule has 0 N–H and O–H groups in total. The summed E-state index contributed by atoms with van der Waals surface area (Å²) in [6, 6.07) is 0.386. The van der Waals surface area contributed by atoms with Gasteiger partial charge in [0.15, 0.2) is 5.22 Å². The third-order valence-electron chi connectivity index (χ3n) is 1.71. The van der Waals surface area contributed by atoms with Crippen molar-refractivity contribution in [1.29, 1.82) is 0 Å². The van der Waals surface area contributed by atoms with Gasteiger partial charge in [-0.3, -0.25) is 0 Å². The van der Waals surface area contributed by atoms with Gasteiger partial charge in [0, 0.05) is 11.0 Å². The Morgan fingerprint density at radius 2 is 1.82 bits per heavy atom. The molecule has 0 saturated heterocycles. The van der Waals surface area contributed by atoms with E-state index in [2.05, 4.69) is 43.3 Å². The predicted octanol–water partition coefficient (Wildman–Crippen LogP) is 2.22. The van der Waals surface area contributed by atoms with Crippen LogP contribution in [0, 0.1) is 5.92 Å². The van der Waals surface area contributed by atoms with Gasteiger partial charge in [-0.2, -0.15) is 0 Å². The van der Waals surface area contributed by atoms with Crippen LogP contribution in [0.25, 0.3) is 0 Å². The highest BCUT2D eigenvalue weighted by atomic mass is 15.6. The molecular weight excluding hydrogens is 140 g/mol. The van der Waals surface area contributed by atoms with E-state index < -0.39 is 0 Å². The first kappa shape index (κ1) is 8.30.